The molecule has 2 unspecified atom stereocenters. The Hall–Kier alpha value is -0.860. The van der Waals surface area contributed by atoms with E-state index in [1.807, 2.05) is 0 Å². The monoisotopic (exact) mass is 207 g/mol. The maximum Gasteiger partial charge on any atom is 0.139 e. The van der Waals surface area contributed by atoms with Gasteiger partial charge in [0.25, 0.3) is 0 Å². The first-order valence-corrected chi connectivity index (χ1v) is 5.82. The van der Waals surface area contributed by atoms with E-state index in [-0.39, 0.29) is 23.7 Å². The van der Waals surface area contributed by atoms with Crippen molar-refractivity contribution >= 4 is 11.8 Å². The molecule has 0 aromatic heterocycles. The van der Waals surface area contributed by atoms with Crippen LogP contribution >= 0.6 is 0 Å². The number of aliphatic carboxylic acids is 1. The minimum absolute atomic E-state index is 0.0801. The summed E-state index contributed by atoms with van der Waals surface area (Å²) < 4.78 is 0. The SMILES string of the molecule is O=C([O-])CC12CC3CC(C1)C(=O)C(C3)C2. The number of carboxylic acids is 1. The van der Waals surface area contributed by atoms with Crippen molar-refractivity contribution < 1.29 is 14.7 Å². The van der Waals surface area contributed by atoms with Gasteiger partial charge in [-0.15, -0.1) is 0 Å². The number of Topliss-reactive ketones (excluding diaryl/α,β-unsaturated/α-hetero) is 1. The van der Waals surface area contributed by atoms with Gasteiger partial charge in [-0.3, -0.25) is 4.79 Å². The first kappa shape index (κ1) is 9.37. The van der Waals surface area contributed by atoms with E-state index in [2.05, 4.69) is 0 Å². The van der Waals surface area contributed by atoms with E-state index in [0.29, 0.717) is 11.7 Å². The van der Waals surface area contributed by atoms with Crippen molar-refractivity contribution in [2.45, 2.75) is 38.5 Å². The van der Waals surface area contributed by atoms with Crippen molar-refractivity contribution in [2.75, 3.05) is 0 Å². The Morgan fingerprint density at radius 1 is 1.27 bits per heavy atom. The molecule has 4 aliphatic rings. The maximum atomic E-state index is 11.8. The molecule has 4 aliphatic carbocycles. The molecule has 0 heterocycles. The van der Waals surface area contributed by atoms with Crippen molar-refractivity contribution in [3.63, 3.8) is 0 Å². The molecule has 3 nitrogen and oxygen atoms in total. The molecule has 0 aromatic carbocycles. The van der Waals surface area contributed by atoms with Gasteiger partial charge in [0.1, 0.15) is 5.78 Å². The van der Waals surface area contributed by atoms with Gasteiger partial charge in [0, 0.05) is 17.8 Å². The fraction of sp³-hybridized carbons (Fsp3) is 0.833. The van der Waals surface area contributed by atoms with Crippen molar-refractivity contribution in [1.29, 1.82) is 0 Å². The van der Waals surface area contributed by atoms with Gasteiger partial charge in [0.15, 0.2) is 0 Å². The third-order valence-electron chi connectivity index (χ3n) is 4.64. The molecule has 15 heavy (non-hydrogen) atoms. The number of hydrogen-bond acceptors (Lipinski definition) is 3. The van der Waals surface area contributed by atoms with Gasteiger partial charge in [0.05, 0.1) is 0 Å². The third kappa shape index (κ3) is 1.32. The van der Waals surface area contributed by atoms with Gasteiger partial charge >= 0.3 is 0 Å². The zero-order chi connectivity index (χ0) is 10.6. The van der Waals surface area contributed by atoms with Gasteiger partial charge in [-0.25, -0.2) is 0 Å². The lowest BCUT2D eigenvalue weighted by Gasteiger charge is -2.56. The second-order valence-corrected chi connectivity index (χ2v) is 5.79. The maximum absolute atomic E-state index is 11.8. The van der Waals surface area contributed by atoms with Gasteiger partial charge in [-0.1, -0.05) is 0 Å². The third-order valence-corrected chi connectivity index (χ3v) is 4.64. The molecular formula is C12H15O3-. The predicted molar refractivity (Wildman–Crippen MR) is 50.6 cm³/mol. The lowest BCUT2D eigenvalue weighted by molar-refractivity contribution is -0.309. The first-order chi connectivity index (χ1) is 7.08. The van der Waals surface area contributed by atoms with E-state index in [1.54, 1.807) is 0 Å². The molecule has 4 saturated carbocycles. The molecule has 4 rings (SSSR count). The van der Waals surface area contributed by atoms with Crippen molar-refractivity contribution in [3.05, 3.63) is 0 Å². The topological polar surface area (TPSA) is 57.2 Å². The minimum atomic E-state index is -0.940. The quantitative estimate of drug-likeness (QED) is 0.663. The average molecular weight is 207 g/mol. The molecule has 0 N–H and O–H groups in total. The summed E-state index contributed by atoms with van der Waals surface area (Å²) in [6.07, 6.45) is 4.85. The van der Waals surface area contributed by atoms with E-state index >= 15 is 0 Å². The number of rotatable bonds is 2. The molecule has 4 fully saturated rings. The van der Waals surface area contributed by atoms with Crippen LogP contribution in [0.25, 0.3) is 0 Å². The van der Waals surface area contributed by atoms with Crippen LogP contribution in [0.4, 0.5) is 0 Å². The summed E-state index contributed by atoms with van der Waals surface area (Å²) in [5, 5.41) is 10.8. The Balaban J connectivity index is 1.89. The summed E-state index contributed by atoms with van der Waals surface area (Å²) in [6, 6.07) is 0. The highest BCUT2D eigenvalue weighted by Crippen LogP contribution is 2.59. The molecule has 0 radical (unpaired) electrons. The van der Waals surface area contributed by atoms with Crippen LogP contribution in [0.5, 0.6) is 0 Å². The largest absolute Gasteiger partial charge is 0.550 e. The van der Waals surface area contributed by atoms with Crippen LogP contribution in [0.2, 0.25) is 0 Å². The Kier molecular flexibility index (Phi) is 1.77. The lowest BCUT2D eigenvalue weighted by Crippen LogP contribution is -2.52. The fourth-order valence-electron chi connectivity index (χ4n) is 4.43. The zero-order valence-corrected chi connectivity index (χ0v) is 8.70. The molecule has 0 aromatic rings. The fourth-order valence-corrected chi connectivity index (χ4v) is 4.43. The standard InChI is InChI=1S/C12H16O3/c13-10(14)6-12-3-7-1-8(4-12)11(15)9(2-7)5-12/h7-9H,1-6H2,(H,13,14)/p-1. The number of carbonyl (C=O) groups excluding carboxylic acids is 2. The van der Waals surface area contributed by atoms with Gasteiger partial charge < -0.3 is 9.90 Å². The second kappa shape index (κ2) is 2.83. The Bertz CT molecular complexity index is 316. The minimum Gasteiger partial charge on any atom is -0.550 e. The van der Waals surface area contributed by atoms with Crippen LogP contribution in [0.3, 0.4) is 0 Å². The average Bonchev–Trinajstić information content (AvgIpc) is 2.10. The summed E-state index contributed by atoms with van der Waals surface area (Å²) in [7, 11) is 0. The summed E-state index contributed by atoms with van der Waals surface area (Å²) in [5.41, 5.74) is -0.0801. The lowest BCUT2D eigenvalue weighted by atomic mass is 9.48. The smallest absolute Gasteiger partial charge is 0.139 e. The molecule has 0 amide bonds. The Morgan fingerprint density at radius 2 is 1.87 bits per heavy atom. The molecule has 3 heteroatoms. The van der Waals surface area contributed by atoms with Crippen LogP contribution < -0.4 is 5.11 Å². The molecule has 0 spiro atoms. The summed E-state index contributed by atoms with van der Waals surface area (Å²) in [5.74, 6) is 0.440. The second-order valence-electron chi connectivity index (χ2n) is 5.79. The van der Waals surface area contributed by atoms with E-state index in [9.17, 15) is 14.7 Å². The van der Waals surface area contributed by atoms with Crippen LogP contribution in [-0.2, 0) is 9.59 Å². The summed E-state index contributed by atoms with van der Waals surface area (Å²) in [6.45, 7) is 0. The number of hydrogen-bond donors (Lipinski definition) is 0. The molecule has 82 valence electrons. The highest BCUT2D eigenvalue weighted by Gasteiger charge is 2.54. The number of ketones is 1. The van der Waals surface area contributed by atoms with Crippen LogP contribution in [0.1, 0.15) is 38.5 Å². The predicted octanol–water partition coefficient (Wildman–Crippen LogP) is 0.522. The van der Waals surface area contributed by atoms with Crippen LogP contribution in [0, 0.1) is 23.2 Å². The van der Waals surface area contributed by atoms with Crippen LogP contribution in [0.15, 0.2) is 0 Å². The normalized spacial score (nSPS) is 47.2. The molecule has 0 aliphatic heterocycles. The Morgan fingerprint density at radius 3 is 2.40 bits per heavy atom. The highest BCUT2D eigenvalue weighted by atomic mass is 16.4. The van der Waals surface area contributed by atoms with Crippen molar-refractivity contribution in [2.24, 2.45) is 23.2 Å². The molecule has 0 saturated heterocycles. The summed E-state index contributed by atoms with van der Waals surface area (Å²) >= 11 is 0. The van der Waals surface area contributed by atoms with E-state index < -0.39 is 5.97 Å². The van der Waals surface area contributed by atoms with E-state index in [4.69, 9.17) is 0 Å². The molecule has 2 atom stereocenters. The van der Waals surface area contributed by atoms with Crippen molar-refractivity contribution in [3.8, 4) is 0 Å². The zero-order valence-electron chi connectivity index (χ0n) is 8.70. The van der Waals surface area contributed by atoms with E-state index in [1.165, 1.54) is 0 Å². The molecular weight excluding hydrogens is 192 g/mol. The van der Waals surface area contributed by atoms with Gasteiger partial charge in [-0.05, 0) is 49.9 Å². The Labute approximate surface area is 88.9 Å². The number of carbonyl (C=O) groups is 2. The van der Waals surface area contributed by atoms with Crippen molar-refractivity contribution in [1.82, 2.24) is 0 Å². The van der Waals surface area contributed by atoms with Gasteiger partial charge in [-0.2, -0.15) is 0 Å². The van der Waals surface area contributed by atoms with Gasteiger partial charge in [0.2, 0.25) is 0 Å². The summed E-state index contributed by atoms with van der Waals surface area (Å²) in [4.78, 5) is 22.6. The molecule has 4 bridgehead atoms. The van der Waals surface area contributed by atoms with E-state index in [0.717, 1.165) is 32.1 Å². The first-order valence-electron chi connectivity index (χ1n) is 5.82. The highest BCUT2D eigenvalue weighted by molar-refractivity contribution is 5.86. The van der Waals surface area contributed by atoms with Crippen LogP contribution in [-0.4, -0.2) is 11.8 Å². The number of carboxylic acid groups (broad SMARTS) is 1.